The lowest BCUT2D eigenvalue weighted by Crippen LogP contribution is -2.35. The normalized spacial score (nSPS) is 11.8. The first kappa shape index (κ1) is 19.2. The summed E-state index contributed by atoms with van der Waals surface area (Å²) in [5, 5.41) is 0. The van der Waals surface area contributed by atoms with E-state index in [1.165, 1.54) is 0 Å². The highest BCUT2D eigenvalue weighted by Crippen LogP contribution is 2.10. The van der Waals surface area contributed by atoms with Gasteiger partial charge in [0.15, 0.2) is 0 Å². The molecule has 1 rings (SSSR count). The fourth-order valence-electron chi connectivity index (χ4n) is 1.59. The number of methoxy groups -OCH3 is 1. The summed E-state index contributed by atoms with van der Waals surface area (Å²) < 4.78 is 27.3. The average molecular weight is 329 g/mol. The molecule has 0 aliphatic rings. The van der Waals surface area contributed by atoms with Crippen molar-refractivity contribution in [3.63, 3.8) is 0 Å². The number of hydrogen-bond acceptors (Lipinski definition) is 6. The minimum Gasteiger partial charge on any atom is -0.392 e. The summed E-state index contributed by atoms with van der Waals surface area (Å²) in [5.41, 5.74) is 1.05. The number of nitrogens with zero attached hydrogens (tertiary/aromatic N) is 1. The molecule has 0 bridgehead atoms. The van der Waals surface area contributed by atoms with Crippen LogP contribution in [0.25, 0.3) is 0 Å². The standard InChI is InChI=1S/C15H27NO5Si/c1-17-7-8-18-9-10-19-11-12-20-22(2,3)21-14-15-5-4-6-16-13-15/h4-6,13H,7-12,14H2,1-3H3. The minimum atomic E-state index is -2.13. The van der Waals surface area contributed by atoms with Crippen LogP contribution in [0.5, 0.6) is 0 Å². The maximum absolute atomic E-state index is 5.87. The molecule has 0 spiro atoms. The van der Waals surface area contributed by atoms with Crippen molar-refractivity contribution in [2.45, 2.75) is 19.7 Å². The van der Waals surface area contributed by atoms with Crippen LogP contribution in [0.2, 0.25) is 13.1 Å². The predicted octanol–water partition coefficient (Wildman–Crippen LogP) is 2.00. The highest BCUT2D eigenvalue weighted by Gasteiger charge is 2.24. The zero-order valence-corrected chi connectivity index (χ0v) is 14.7. The van der Waals surface area contributed by atoms with Gasteiger partial charge in [0.1, 0.15) is 0 Å². The van der Waals surface area contributed by atoms with Crippen molar-refractivity contribution in [3.05, 3.63) is 30.1 Å². The van der Waals surface area contributed by atoms with Crippen molar-refractivity contribution < 1.29 is 23.1 Å². The molecule has 7 heteroatoms. The van der Waals surface area contributed by atoms with Gasteiger partial charge in [0.2, 0.25) is 0 Å². The van der Waals surface area contributed by atoms with Gasteiger partial charge < -0.3 is 23.1 Å². The molecule has 0 saturated carbocycles. The van der Waals surface area contributed by atoms with Gasteiger partial charge in [-0.05, 0) is 24.7 Å². The van der Waals surface area contributed by atoms with Crippen LogP contribution in [0.1, 0.15) is 5.56 Å². The van der Waals surface area contributed by atoms with E-state index in [-0.39, 0.29) is 0 Å². The molecule has 0 aromatic carbocycles. The van der Waals surface area contributed by atoms with E-state index >= 15 is 0 Å². The van der Waals surface area contributed by atoms with Gasteiger partial charge in [-0.2, -0.15) is 0 Å². The third-order valence-electron chi connectivity index (χ3n) is 2.79. The van der Waals surface area contributed by atoms with Gasteiger partial charge in [-0.1, -0.05) is 6.07 Å². The molecule has 0 unspecified atom stereocenters. The number of hydrogen-bond donors (Lipinski definition) is 0. The van der Waals surface area contributed by atoms with Gasteiger partial charge in [-0.15, -0.1) is 0 Å². The Hall–Kier alpha value is -0.833. The molecular weight excluding hydrogens is 302 g/mol. The van der Waals surface area contributed by atoms with E-state index in [4.69, 9.17) is 23.1 Å². The maximum atomic E-state index is 5.87. The second-order valence-electron chi connectivity index (χ2n) is 5.12. The van der Waals surface area contributed by atoms with E-state index in [9.17, 15) is 0 Å². The second-order valence-corrected chi connectivity index (χ2v) is 8.49. The van der Waals surface area contributed by atoms with Crippen LogP contribution < -0.4 is 0 Å². The zero-order valence-electron chi connectivity index (χ0n) is 13.7. The zero-order chi connectivity index (χ0) is 16.1. The lowest BCUT2D eigenvalue weighted by molar-refractivity contribution is 0.0143. The monoisotopic (exact) mass is 329 g/mol. The average Bonchev–Trinajstić information content (AvgIpc) is 2.52. The quantitative estimate of drug-likeness (QED) is 0.407. The molecule has 0 amide bonds. The van der Waals surface area contributed by atoms with Crippen molar-refractivity contribution in [3.8, 4) is 0 Å². The van der Waals surface area contributed by atoms with Crippen molar-refractivity contribution in [2.75, 3.05) is 46.8 Å². The summed E-state index contributed by atoms with van der Waals surface area (Å²) in [6, 6.07) is 3.89. The molecule has 126 valence electrons. The third kappa shape index (κ3) is 9.99. The van der Waals surface area contributed by atoms with Crippen LogP contribution in [-0.4, -0.2) is 60.3 Å². The van der Waals surface area contributed by atoms with Crippen LogP contribution in [0.4, 0.5) is 0 Å². The summed E-state index contributed by atoms with van der Waals surface area (Å²) in [6.45, 7) is 7.99. The molecule has 0 radical (unpaired) electrons. The molecule has 6 nitrogen and oxygen atoms in total. The lowest BCUT2D eigenvalue weighted by Gasteiger charge is -2.22. The van der Waals surface area contributed by atoms with E-state index in [0.29, 0.717) is 46.2 Å². The number of pyridine rings is 1. The highest BCUT2D eigenvalue weighted by molar-refractivity contribution is 6.64. The van der Waals surface area contributed by atoms with E-state index in [1.54, 1.807) is 19.5 Å². The maximum Gasteiger partial charge on any atom is 0.332 e. The first-order chi connectivity index (χ1) is 10.6. The van der Waals surface area contributed by atoms with Gasteiger partial charge in [0.05, 0.1) is 46.2 Å². The van der Waals surface area contributed by atoms with E-state index in [2.05, 4.69) is 4.98 Å². The molecular formula is C15H27NO5Si. The first-order valence-corrected chi connectivity index (χ1v) is 10.3. The Bertz CT molecular complexity index is 377. The Morgan fingerprint density at radius 2 is 1.64 bits per heavy atom. The lowest BCUT2D eigenvalue weighted by atomic mass is 10.3. The number of ether oxygens (including phenoxy) is 3. The summed E-state index contributed by atoms with van der Waals surface area (Å²) >= 11 is 0. The molecule has 22 heavy (non-hydrogen) atoms. The first-order valence-electron chi connectivity index (χ1n) is 7.45. The smallest absolute Gasteiger partial charge is 0.332 e. The van der Waals surface area contributed by atoms with Crippen LogP contribution in [0.15, 0.2) is 24.5 Å². The Kier molecular flexibility index (Phi) is 10.2. The second kappa shape index (κ2) is 11.7. The fourth-order valence-corrected chi connectivity index (χ4v) is 2.77. The number of rotatable bonds is 13. The highest BCUT2D eigenvalue weighted by atomic mass is 28.4. The summed E-state index contributed by atoms with van der Waals surface area (Å²) in [4.78, 5) is 4.06. The Labute approximate surface area is 133 Å². The Balaban J connectivity index is 2.00. The summed E-state index contributed by atoms with van der Waals surface area (Å²) in [7, 11) is -0.476. The van der Waals surface area contributed by atoms with Crippen LogP contribution >= 0.6 is 0 Å². The van der Waals surface area contributed by atoms with Gasteiger partial charge >= 0.3 is 8.56 Å². The fraction of sp³-hybridized carbons (Fsp3) is 0.667. The molecule has 0 atom stereocenters. The van der Waals surface area contributed by atoms with Crippen molar-refractivity contribution in [1.82, 2.24) is 4.98 Å². The van der Waals surface area contributed by atoms with Crippen LogP contribution in [0.3, 0.4) is 0 Å². The van der Waals surface area contributed by atoms with Gasteiger partial charge in [0, 0.05) is 19.5 Å². The molecule has 0 saturated heterocycles. The van der Waals surface area contributed by atoms with Gasteiger partial charge in [-0.25, -0.2) is 0 Å². The van der Waals surface area contributed by atoms with Crippen molar-refractivity contribution in [2.24, 2.45) is 0 Å². The van der Waals surface area contributed by atoms with Crippen molar-refractivity contribution >= 4 is 8.56 Å². The predicted molar refractivity (Wildman–Crippen MR) is 86.0 cm³/mol. The molecule has 0 N–H and O–H groups in total. The molecule has 1 aromatic rings. The minimum absolute atomic E-state index is 0.529. The largest absolute Gasteiger partial charge is 0.392 e. The topological polar surface area (TPSA) is 59.0 Å². The van der Waals surface area contributed by atoms with Crippen LogP contribution in [0, 0.1) is 0 Å². The Morgan fingerprint density at radius 1 is 0.955 bits per heavy atom. The van der Waals surface area contributed by atoms with E-state index < -0.39 is 8.56 Å². The summed E-state index contributed by atoms with van der Waals surface area (Å²) in [6.07, 6.45) is 3.55. The van der Waals surface area contributed by atoms with E-state index in [1.807, 2.05) is 25.2 Å². The number of aromatic nitrogens is 1. The van der Waals surface area contributed by atoms with Crippen molar-refractivity contribution in [1.29, 1.82) is 0 Å². The SMILES string of the molecule is COCCOCCOCCO[Si](C)(C)OCc1cccnc1. The third-order valence-corrected chi connectivity index (χ3v) is 4.53. The molecule has 0 aliphatic heterocycles. The molecule has 0 fully saturated rings. The Morgan fingerprint density at radius 3 is 2.27 bits per heavy atom. The molecule has 1 aromatic heterocycles. The van der Waals surface area contributed by atoms with Crippen LogP contribution in [-0.2, 0) is 29.7 Å². The molecule has 1 heterocycles. The van der Waals surface area contributed by atoms with Gasteiger partial charge in [0.25, 0.3) is 0 Å². The van der Waals surface area contributed by atoms with E-state index in [0.717, 1.165) is 5.56 Å². The van der Waals surface area contributed by atoms with Gasteiger partial charge in [-0.3, -0.25) is 4.98 Å². The molecule has 0 aliphatic carbocycles. The summed E-state index contributed by atoms with van der Waals surface area (Å²) in [5.74, 6) is 0.